The van der Waals surface area contributed by atoms with E-state index in [9.17, 15) is 8.78 Å². The van der Waals surface area contributed by atoms with Gasteiger partial charge in [-0.15, -0.1) is 0 Å². The summed E-state index contributed by atoms with van der Waals surface area (Å²) in [5.41, 5.74) is 2.48. The summed E-state index contributed by atoms with van der Waals surface area (Å²) in [6, 6.07) is 10.2. The second-order valence-corrected chi connectivity index (χ2v) is 5.83. The standard InChI is InChI=1S/C17H16ClF2N2/c18-17-4-1-3-12(11-22-5-2-6-22)16(17)10-21-15-8-13(19)7-14(20)9-15/h1,3-4,8-9,21H,2,5-6,10-11H2. The third-order valence-electron chi connectivity index (χ3n) is 3.83. The Hall–Kier alpha value is -1.65. The normalized spacial score (nSPS) is 14.7. The Kier molecular flexibility index (Phi) is 4.60. The van der Waals surface area contributed by atoms with Crippen LogP contribution in [0.25, 0.3) is 0 Å². The first-order chi connectivity index (χ1) is 10.6. The van der Waals surface area contributed by atoms with E-state index in [0.29, 0.717) is 17.3 Å². The van der Waals surface area contributed by atoms with Crippen LogP contribution >= 0.6 is 11.6 Å². The molecule has 1 fully saturated rings. The minimum absolute atomic E-state index is 0.378. The van der Waals surface area contributed by atoms with Gasteiger partial charge in [0.1, 0.15) is 11.6 Å². The summed E-state index contributed by atoms with van der Waals surface area (Å²) in [5.74, 6) is -1.44. The lowest BCUT2D eigenvalue weighted by molar-refractivity contribution is 0.172. The van der Waals surface area contributed by atoms with Gasteiger partial charge in [0.15, 0.2) is 0 Å². The van der Waals surface area contributed by atoms with Gasteiger partial charge < -0.3 is 5.32 Å². The van der Waals surface area contributed by atoms with Gasteiger partial charge in [0.25, 0.3) is 0 Å². The van der Waals surface area contributed by atoms with Crippen LogP contribution in [0.3, 0.4) is 0 Å². The average Bonchev–Trinajstić information content (AvgIpc) is 2.41. The number of hydrogen-bond acceptors (Lipinski definition) is 2. The van der Waals surface area contributed by atoms with Crippen LogP contribution in [-0.2, 0) is 13.1 Å². The maximum absolute atomic E-state index is 13.2. The van der Waals surface area contributed by atoms with Gasteiger partial charge in [-0.25, -0.2) is 8.78 Å². The second-order valence-electron chi connectivity index (χ2n) is 5.43. The maximum atomic E-state index is 13.2. The van der Waals surface area contributed by atoms with Crippen molar-refractivity contribution in [2.75, 3.05) is 18.4 Å². The second kappa shape index (κ2) is 6.63. The Balaban J connectivity index is 1.75. The largest absolute Gasteiger partial charge is 0.381 e. The molecular weight excluding hydrogens is 306 g/mol. The lowest BCUT2D eigenvalue weighted by Gasteiger charge is -2.31. The molecule has 0 unspecified atom stereocenters. The molecule has 0 amide bonds. The number of halogens is 3. The first-order valence-corrected chi connectivity index (χ1v) is 7.60. The van der Waals surface area contributed by atoms with Crippen molar-refractivity contribution >= 4 is 17.3 Å². The van der Waals surface area contributed by atoms with Crippen molar-refractivity contribution in [1.82, 2.24) is 4.90 Å². The molecule has 1 aliphatic heterocycles. The highest BCUT2D eigenvalue weighted by Crippen LogP contribution is 2.24. The monoisotopic (exact) mass is 321 g/mol. The summed E-state index contributed by atoms with van der Waals surface area (Å²) in [5, 5.41) is 3.69. The van der Waals surface area contributed by atoms with E-state index in [-0.39, 0.29) is 0 Å². The molecule has 0 atom stereocenters. The predicted octanol–water partition coefficient (Wildman–Crippen LogP) is 4.24. The van der Waals surface area contributed by atoms with E-state index in [1.165, 1.54) is 18.6 Å². The first kappa shape index (κ1) is 15.3. The zero-order chi connectivity index (χ0) is 15.5. The molecule has 5 heteroatoms. The van der Waals surface area contributed by atoms with Crippen LogP contribution in [0, 0.1) is 17.7 Å². The van der Waals surface area contributed by atoms with Crippen molar-refractivity contribution < 1.29 is 8.78 Å². The number of nitrogens with zero attached hydrogens (tertiary/aromatic N) is 1. The zero-order valence-corrected chi connectivity index (χ0v) is 12.8. The van der Waals surface area contributed by atoms with Crippen molar-refractivity contribution in [2.24, 2.45) is 0 Å². The molecule has 1 radical (unpaired) electrons. The molecule has 115 valence electrons. The number of likely N-dealkylation sites (tertiary alicyclic amines) is 1. The molecule has 0 saturated carbocycles. The van der Waals surface area contributed by atoms with Gasteiger partial charge in [-0.05, 0) is 48.8 Å². The number of rotatable bonds is 5. The van der Waals surface area contributed by atoms with Crippen molar-refractivity contribution in [3.8, 4) is 0 Å². The third-order valence-corrected chi connectivity index (χ3v) is 4.19. The zero-order valence-electron chi connectivity index (χ0n) is 12.0. The Labute approximate surface area is 133 Å². The molecule has 1 saturated heterocycles. The Morgan fingerprint density at radius 2 is 1.91 bits per heavy atom. The molecule has 2 aromatic rings. The van der Waals surface area contributed by atoms with Gasteiger partial charge in [0, 0.05) is 23.8 Å². The average molecular weight is 322 g/mol. The summed E-state index contributed by atoms with van der Waals surface area (Å²) in [6.45, 7) is 3.48. The minimum Gasteiger partial charge on any atom is -0.381 e. The van der Waals surface area contributed by atoms with Gasteiger partial charge in [-0.1, -0.05) is 23.7 Å². The summed E-state index contributed by atoms with van der Waals surface area (Å²) in [7, 11) is 0. The molecule has 1 N–H and O–H groups in total. The van der Waals surface area contributed by atoms with E-state index in [2.05, 4.69) is 10.2 Å². The Morgan fingerprint density at radius 1 is 1.18 bits per heavy atom. The fourth-order valence-corrected chi connectivity index (χ4v) is 2.78. The van der Waals surface area contributed by atoms with Crippen molar-refractivity contribution in [2.45, 2.75) is 19.5 Å². The van der Waals surface area contributed by atoms with E-state index in [4.69, 9.17) is 11.6 Å². The topological polar surface area (TPSA) is 15.3 Å². The number of nitrogens with one attached hydrogen (secondary N) is 1. The van der Waals surface area contributed by atoms with Gasteiger partial charge in [-0.2, -0.15) is 0 Å². The third kappa shape index (κ3) is 3.57. The van der Waals surface area contributed by atoms with E-state index >= 15 is 0 Å². The summed E-state index contributed by atoms with van der Waals surface area (Å²) in [4.78, 5) is 2.34. The lowest BCUT2D eigenvalue weighted by Crippen LogP contribution is -2.36. The lowest BCUT2D eigenvalue weighted by atomic mass is 10.0. The van der Waals surface area contributed by atoms with Crippen molar-refractivity contribution in [1.29, 1.82) is 0 Å². The molecule has 22 heavy (non-hydrogen) atoms. The van der Waals surface area contributed by atoms with Gasteiger partial charge >= 0.3 is 0 Å². The fourth-order valence-electron chi connectivity index (χ4n) is 2.52. The highest BCUT2D eigenvalue weighted by molar-refractivity contribution is 6.31. The molecule has 0 bridgehead atoms. The summed E-state index contributed by atoms with van der Waals surface area (Å²) in [6.07, 6.45) is 1.23. The molecule has 1 heterocycles. The Morgan fingerprint density at radius 3 is 2.55 bits per heavy atom. The molecule has 2 aromatic carbocycles. The van der Waals surface area contributed by atoms with E-state index in [1.54, 1.807) is 0 Å². The quantitative estimate of drug-likeness (QED) is 0.886. The van der Waals surface area contributed by atoms with Gasteiger partial charge in [-0.3, -0.25) is 4.90 Å². The smallest absolute Gasteiger partial charge is 0.136 e. The van der Waals surface area contributed by atoms with E-state index < -0.39 is 11.6 Å². The highest BCUT2D eigenvalue weighted by Gasteiger charge is 2.16. The van der Waals surface area contributed by atoms with E-state index in [0.717, 1.165) is 30.8 Å². The molecular formula is C17H16ClF2N2. The van der Waals surface area contributed by atoms with Crippen LogP contribution in [0.5, 0.6) is 0 Å². The molecule has 2 nitrogen and oxygen atoms in total. The molecule has 0 aliphatic carbocycles. The maximum Gasteiger partial charge on any atom is 0.136 e. The van der Waals surface area contributed by atoms with Crippen LogP contribution in [0.2, 0.25) is 5.02 Å². The van der Waals surface area contributed by atoms with Gasteiger partial charge in [0.05, 0.1) is 6.07 Å². The number of hydrogen-bond donors (Lipinski definition) is 1. The van der Waals surface area contributed by atoms with Crippen molar-refractivity contribution in [3.05, 3.63) is 64.2 Å². The van der Waals surface area contributed by atoms with Crippen LogP contribution in [0.4, 0.5) is 14.5 Å². The van der Waals surface area contributed by atoms with Crippen LogP contribution < -0.4 is 5.32 Å². The predicted molar refractivity (Wildman–Crippen MR) is 83.9 cm³/mol. The summed E-state index contributed by atoms with van der Waals surface area (Å²) < 4.78 is 26.3. The Bertz CT molecular complexity index is 651. The molecule has 0 aromatic heterocycles. The van der Waals surface area contributed by atoms with Gasteiger partial charge in [0.2, 0.25) is 0 Å². The number of anilines is 1. The minimum atomic E-state index is -0.720. The van der Waals surface area contributed by atoms with Crippen LogP contribution in [-0.4, -0.2) is 18.0 Å². The summed E-state index contributed by atoms with van der Waals surface area (Å²) >= 11 is 6.29. The van der Waals surface area contributed by atoms with E-state index in [1.807, 2.05) is 24.3 Å². The molecule has 0 spiro atoms. The molecule has 3 rings (SSSR count). The first-order valence-electron chi connectivity index (χ1n) is 7.23. The SMILES string of the molecule is Fc1[c]c(F)cc(NCc2c(Cl)cccc2CN2CCC2)c1. The van der Waals surface area contributed by atoms with Crippen LogP contribution in [0.1, 0.15) is 17.5 Å². The van der Waals surface area contributed by atoms with Crippen molar-refractivity contribution in [3.63, 3.8) is 0 Å². The fraction of sp³-hybridized carbons (Fsp3) is 0.294. The molecule has 1 aliphatic rings. The number of benzene rings is 2. The highest BCUT2D eigenvalue weighted by atomic mass is 35.5. The van der Waals surface area contributed by atoms with Crippen LogP contribution in [0.15, 0.2) is 30.3 Å².